The highest BCUT2D eigenvalue weighted by Crippen LogP contribution is 2.30. The fraction of sp³-hybridized carbons (Fsp3) is 0.594. The number of nitrogens with zero attached hydrogens (tertiary/aromatic N) is 1. The van der Waals surface area contributed by atoms with Crippen LogP contribution in [-0.4, -0.2) is 108 Å². The quantitative estimate of drug-likeness (QED) is 0.0942. The summed E-state index contributed by atoms with van der Waals surface area (Å²) in [6.07, 6.45) is -1.34. The molecule has 3 amide bonds. The van der Waals surface area contributed by atoms with E-state index in [1.807, 2.05) is 27.7 Å². The highest BCUT2D eigenvalue weighted by atomic mass is 16.7. The average Bonchev–Trinajstić information content (AvgIpc) is 3.39. The topological polar surface area (TPSA) is 207 Å². The first-order valence-corrected chi connectivity index (χ1v) is 15.8. The number of unbranched alkanes of at least 4 members (excludes halogenated alkanes) is 2. The van der Waals surface area contributed by atoms with Gasteiger partial charge in [-0.05, 0) is 25.0 Å². The summed E-state index contributed by atoms with van der Waals surface area (Å²) in [5.74, 6) is -1.65. The maximum absolute atomic E-state index is 12.0. The second kappa shape index (κ2) is 23.3. The smallest absolute Gasteiger partial charge is 0.333 e. The maximum Gasteiger partial charge on any atom is 0.333 e. The molecule has 1 fully saturated rings. The van der Waals surface area contributed by atoms with Crippen LogP contribution in [0.15, 0.2) is 30.4 Å². The molecule has 0 radical (unpaired) electrons. The van der Waals surface area contributed by atoms with Crippen LogP contribution in [-0.2, 0) is 44.8 Å². The van der Waals surface area contributed by atoms with E-state index in [4.69, 9.17) is 23.7 Å². The Morgan fingerprint density at radius 2 is 1.72 bits per heavy atom. The summed E-state index contributed by atoms with van der Waals surface area (Å²) in [6.45, 7) is 9.29. The van der Waals surface area contributed by atoms with Crippen molar-refractivity contribution in [2.75, 3.05) is 32.9 Å². The van der Waals surface area contributed by atoms with Gasteiger partial charge in [0.1, 0.15) is 30.8 Å². The van der Waals surface area contributed by atoms with Crippen molar-refractivity contribution < 1.29 is 63.0 Å². The highest BCUT2D eigenvalue weighted by Gasteiger charge is 2.41. The lowest BCUT2D eigenvalue weighted by Crippen LogP contribution is -2.52. The molecule has 4 N–H and O–H groups in total. The number of aliphatic hydroxyl groups is 2. The molecule has 0 bridgehead atoms. The summed E-state index contributed by atoms with van der Waals surface area (Å²) in [4.78, 5) is 58.1. The third-order valence-electron chi connectivity index (χ3n) is 6.54. The molecule has 2 heterocycles. The molecule has 1 saturated heterocycles. The third-order valence-corrected chi connectivity index (χ3v) is 6.54. The van der Waals surface area contributed by atoms with Crippen molar-refractivity contribution in [3.05, 3.63) is 35.9 Å². The molecule has 15 heteroatoms. The Morgan fingerprint density at radius 3 is 2.38 bits per heavy atom. The van der Waals surface area contributed by atoms with Gasteiger partial charge in [0, 0.05) is 49.7 Å². The van der Waals surface area contributed by atoms with Crippen LogP contribution in [0.5, 0.6) is 11.5 Å². The van der Waals surface area contributed by atoms with Gasteiger partial charge >= 0.3 is 5.97 Å². The van der Waals surface area contributed by atoms with E-state index < -0.39 is 30.6 Å². The number of nitrogens with one attached hydrogen (secondary N) is 1. The van der Waals surface area contributed by atoms with Crippen molar-refractivity contribution in [2.24, 2.45) is 0 Å². The van der Waals surface area contributed by atoms with Gasteiger partial charge in [-0.2, -0.15) is 0 Å². The fourth-order valence-corrected chi connectivity index (χ4v) is 4.25. The van der Waals surface area contributed by atoms with Gasteiger partial charge in [-0.1, -0.05) is 34.1 Å². The number of carboxylic acids is 1. The summed E-state index contributed by atoms with van der Waals surface area (Å²) in [5, 5.41) is 32.3. The second-order valence-electron chi connectivity index (χ2n) is 9.70. The first-order valence-electron chi connectivity index (χ1n) is 15.8. The molecule has 0 saturated carbocycles. The van der Waals surface area contributed by atoms with Gasteiger partial charge in [0.15, 0.2) is 6.10 Å². The number of amides is 3. The number of rotatable bonds is 19. The zero-order valence-electron chi connectivity index (χ0n) is 27.4. The molecule has 47 heavy (non-hydrogen) atoms. The van der Waals surface area contributed by atoms with E-state index in [1.54, 1.807) is 12.1 Å². The van der Waals surface area contributed by atoms with Crippen LogP contribution >= 0.6 is 0 Å². The molecular formula is C32H48N2O13. The summed E-state index contributed by atoms with van der Waals surface area (Å²) in [5.41, 5.74) is 0.378. The van der Waals surface area contributed by atoms with Crippen molar-refractivity contribution in [1.29, 1.82) is 0 Å². The molecule has 2 aliphatic heterocycles. The van der Waals surface area contributed by atoms with Crippen LogP contribution in [0.4, 0.5) is 0 Å². The molecule has 3 rings (SSSR count). The Bertz CT molecular complexity index is 1140. The molecule has 15 nitrogen and oxygen atoms in total. The van der Waals surface area contributed by atoms with Gasteiger partial charge in [-0.3, -0.25) is 24.1 Å². The van der Waals surface area contributed by atoms with Crippen molar-refractivity contribution in [3.8, 4) is 11.5 Å². The minimum Gasteiger partial charge on any atom is -0.491 e. The number of hydrogen-bond acceptors (Lipinski definition) is 12. The zero-order valence-corrected chi connectivity index (χ0v) is 27.4. The lowest BCUT2D eigenvalue weighted by Gasteiger charge is -2.35. The van der Waals surface area contributed by atoms with Crippen LogP contribution in [0, 0.1) is 0 Å². The van der Waals surface area contributed by atoms with Crippen LogP contribution in [0.1, 0.15) is 65.4 Å². The summed E-state index contributed by atoms with van der Waals surface area (Å²) in [6, 6.07) is 4.57. The van der Waals surface area contributed by atoms with Gasteiger partial charge < -0.3 is 44.3 Å². The molecule has 1 aromatic rings. The SMILES string of the molecule is CC.CC.O=COCc1ccc(OCCOCCNC(=O)CCCCCN2C(=O)C=CC2=O)cc1OC1OC(C(=O)O)CC(O)[C@H]1O. The Hall–Kier alpha value is -4.05. The second-order valence-corrected chi connectivity index (χ2v) is 9.70. The van der Waals surface area contributed by atoms with Gasteiger partial charge in [0.2, 0.25) is 12.2 Å². The van der Waals surface area contributed by atoms with Crippen molar-refractivity contribution in [2.45, 2.75) is 91.0 Å². The minimum atomic E-state index is -1.52. The Morgan fingerprint density at radius 1 is 1.02 bits per heavy atom. The zero-order chi connectivity index (χ0) is 35.2. The lowest BCUT2D eigenvalue weighted by atomic mass is 10.0. The number of ether oxygens (including phenoxy) is 5. The highest BCUT2D eigenvalue weighted by molar-refractivity contribution is 6.12. The third kappa shape index (κ3) is 14.5. The number of carbonyl (C=O) groups is 5. The van der Waals surface area contributed by atoms with Gasteiger partial charge in [0.05, 0.1) is 19.3 Å². The molecule has 2 aliphatic rings. The van der Waals surface area contributed by atoms with E-state index in [-0.39, 0.29) is 62.8 Å². The van der Waals surface area contributed by atoms with E-state index >= 15 is 0 Å². The lowest BCUT2D eigenvalue weighted by molar-refractivity contribution is -0.238. The largest absolute Gasteiger partial charge is 0.491 e. The number of hydrogen-bond donors (Lipinski definition) is 4. The van der Waals surface area contributed by atoms with E-state index in [0.29, 0.717) is 50.1 Å². The van der Waals surface area contributed by atoms with Crippen molar-refractivity contribution in [1.82, 2.24) is 10.2 Å². The summed E-state index contributed by atoms with van der Waals surface area (Å²) in [7, 11) is 0. The first-order chi connectivity index (χ1) is 22.7. The van der Waals surface area contributed by atoms with Gasteiger partial charge in [0.25, 0.3) is 18.3 Å². The molecule has 1 aromatic carbocycles. The maximum atomic E-state index is 12.0. The molecule has 3 unspecified atom stereocenters. The normalized spacial score (nSPS) is 19.9. The number of aliphatic hydroxyl groups excluding tert-OH is 2. The predicted molar refractivity (Wildman–Crippen MR) is 167 cm³/mol. The standard InChI is InChI=1S/C28H36N2O13.2C2H6/c31-17-40-16-18-5-6-19(14-21(18)42-28-26(36)20(32)15-22(43-28)27(37)38)41-13-12-39-11-9-29-23(33)4-2-1-3-10-30-24(34)7-8-25(30)35;2*1-2/h5-8,14,17,20,22,26,28,32,36H,1-4,9-13,15-16H2,(H,29,33)(H,37,38);2*1-2H3/t20?,22?,26-,28?;;/m1../s1. The summed E-state index contributed by atoms with van der Waals surface area (Å²) >= 11 is 0. The molecule has 0 aliphatic carbocycles. The predicted octanol–water partition coefficient (Wildman–Crippen LogP) is 1.71. The molecule has 264 valence electrons. The molecular weight excluding hydrogens is 620 g/mol. The van der Waals surface area contributed by atoms with Crippen molar-refractivity contribution >= 4 is 30.2 Å². The number of imide groups is 1. The fourth-order valence-electron chi connectivity index (χ4n) is 4.25. The number of carboxylic acid groups (broad SMARTS) is 1. The number of benzene rings is 1. The van der Waals surface area contributed by atoms with Crippen molar-refractivity contribution in [3.63, 3.8) is 0 Å². The van der Waals surface area contributed by atoms with Gasteiger partial charge in [-0.25, -0.2) is 4.79 Å². The average molecular weight is 669 g/mol. The van der Waals surface area contributed by atoms with E-state index in [1.165, 1.54) is 23.1 Å². The van der Waals surface area contributed by atoms with E-state index in [0.717, 1.165) is 0 Å². The first kappa shape index (κ1) is 41.0. The summed E-state index contributed by atoms with van der Waals surface area (Å²) < 4.78 is 26.9. The van der Waals surface area contributed by atoms with Crippen LogP contribution in [0.2, 0.25) is 0 Å². The number of aliphatic carboxylic acids is 1. The van der Waals surface area contributed by atoms with Crippen LogP contribution in [0.25, 0.3) is 0 Å². The van der Waals surface area contributed by atoms with Gasteiger partial charge in [-0.15, -0.1) is 0 Å². The van der Waals surface area contributed by atoms with E-state index in [2.05, 4.69) is 5.32 Å². The molecule has 4 atom stereocenters. The Labute approximate surface area is 274 Å². The minimum absolute atomic E-state index is 0.0836. The Balaban J connectivity index is 0.00000265. The monoisotopic (exact) mass is 668 g/mol. The molecule has 0 spiro atoms. The Kier molecular flexibility index (Phi) is 20.3. The number of carbonyl (C=O) groups excluding carboxylic acids is 4. The van der Waals surface area contributed by atoms with E-state index in [9.17, 15) is 39.3 Å². The van der Waals surface area contributed by atoms with Crippen LogP contribution in [0.3, 0.4) is 0 Å². The molecule has 0 aromatic heterocycles. The van der Waals surface area contributed by atoms with Crippen LogP contribution < -0.4 is 14.8 Å².